The molecule has 0 amide bonds. The second-order valence-corrected chi connectivity index (χ2v) is 7.43. The number of hydrogen-bond donors (Lipinski definition) is 0. The van der Waals surface area contributed by atoms with Gasteiger partial charge >= 0.3 is 0 Å². The van der Waals surface area contributed by atoms with E-state index in [4.69, 9.17) is 0 Å². The summed E-state index contributed by atoms with van der Waals surface area (Å²) in [7, 11) is 0. The molecule has 0 unspecified atom stereocenters. The highest BCUT2D eigenvalue weighted by atomic mass is 14.2. The van der Waals surface area contributed by atoms with Gasteiger partial charge in [-0.05, 0) is 55.0 Å². The first-order chi connectivity index (χ1) is 11.6. The molecule has 0 spiro atoms. The van der Waals surface area contributed by atoms with Crippen molar-refractivity contribution in [3.8, 4) is 11.1 Å². The summed E-state index contributed by atoms with van der Waals surface area (Å²) in [6.45, 7) is 9.13. The zero-order valence-corrected chi connectivity index (χ0v) is 14.9. The van der Waals surface area contributed by atoms with Gasteiger partial charge in [-0.15, -0.1) is 0 Å². The van der Waals surface area contributed by atoms with Gasteiger partial charge in [0.25, 0.3) is 0 Å². The van der Waals surface area contributed by atoms with E-state index in [9.17, 15) is 0 Å². The Labute approximate surface area is 143 Å². The molecule has 0 bridgehead atoms. The van der Waals surface area contributed by atoms with Crippen molar-refractivity contribution in [1.82, 2.24) is 0 Å². The van der Waals surface area contributed by atoms with E-state index in [1.54, 1.807) is 0 Å². The van der Waals surface area contributed by atoms with Gasteiger partial charge in [0.1, 0.15) is 0 Å². The van der Waals surface area contributed by atoms with Crippen LogP contribution in [0.5, 0.6) is 0 Å². The fourth-order valence-corrected chi connectivity index (χ4v) is 3.83. The van der Waals surface area contributed by atoms with E-state index in [0.717, 1.165) is 0 Å². The molecule has 0 heteroatoms. The van der Waals surface area contributed by atoms with Crippen LogP contribution in [0.15, 0.2) is 60.7 Å². The van der Waals surface area contributed by atoms with Crippen LogP contribution in [0.4, 0.5) is 0 Å². The maximum atomic E-state index is 2.41. The van der Waals surface area contributed by atoms with Crippen LogP contribution in [0.1, 0.15) is 50.7 Å². The maximum absolute atomic E-state index is 2.41. The zero-order valence-electron chi connectivity index (χ0n) is 14.9. The van der Waals surface area contributed by atoms with Crippen LogP contribution in [-0.4, -0.2) is 0 Å². The van der Waals surface area contributed by atoms with Gasteiger partial charge in [0.15, 0.2) is 0 Å². The van der Waals surface area contributed by atoms with Crippen LogP contribution in [0.3, 0.4) is 0 Å². The molecule has 0 radical (unpaired) electrons. The standard InChI is InChI=1S/C24H24/c1-15(2)17-12-13-19(23(14-17)16(3)4)22-11-7-10-21-18-8-5-6-9-20(18)24(21)22/h5-16H,1-4H3. The van der Waals surface area contributed by atoms with E-state index >= 15 is 0 Å². The third kappa shape index (κ3) is 2.21. The molecule has 120 valence electrons. The van der Waals surface area contributed by atoms with E-state index in [2.05, 4.69) is 88.4 Å². The first-order valence-corrected chi connectivity index (χ1v) is 8.95. The molecular formula is C24H24. The van der Waals surface area contributed by atoms with Crippen molar-refractivity contribution in [2.75, 3.05) is 0 Å². The van der Waals surface area contributed by atoms with Gasteiger partial charge in [0.05, 0.1) is 0 Å². The Bertz CT molecular complexity index is 1100. The molecule has 0 atom stereocenters. The van der Waals surface area contributed by atoms with Crippen LogP contribution in [0.25, 0.3) is 11.1 Å². The molecule has 3 aromatic rings. The Morgan fingerprint density at radius 2 is 1.29 bits per heavy atom. The van der Waals surface area contributed by atoms with E-state index in [0.29, 0.717) is 11.8 Å². The third-order valence-electron chi connectivity index (χ3n) is 5.21. The Hall–Kier alpha value is -2.34. The SMILES string of the molecule is CC(C)c1ccc(-c2cccc3c2=c2ccccc2=3)c(C(C)C)c1. The van der Waals surface area contributed by atoms with Crippen molar-refractivity contribution in [1.29, 1.82) is 0 Å². The van der Waals surface area contributed by atoms with E-state index in [1.807, 2.05) is 0 Å². The lowest BCUT2D eigenvalue weighted by Crippen LogP contribution is -2.00. The molecule has 0 fully saturated rings. The van der Waals surface area contributed by atoms with Gasteiger partial charge in [-0.3, -0.25) is 0 Å². The van der Waals surface area contributed by atoms with Crippen molar-refractivity contribution in [3.05, 3.63) is 92.7 Å². The van der Waals surface area contributed by atoms with Crippen molar-refractivity contribution in [2.24, 2.45) is 0 Å². The Morgan fingerprint density at radius 3 is 2.00 bits per heavy atom. The number of rotatable bonds is 3. The number of fused-ring (bicyclic) bond motifs is 2. The average Bonchev–Trinajstić information content (AvgIpc) is 2.58. The number of benzene rings is 3. The first kappa shape index (κ1) is 15.2. The Morgan fingerprint density at radius 1 is 0.583 bits per heavy atom. The van der Waals surface area contributed by atoms with Gasteiger partial charge < -0.3 is 0 Å². The maximum Gasteiger partial charge on any atom is -0.00203 e. The molecule has 0 nitrogen and oxygen atoms in total. The molecule has 1 aliphatic rings. The summed E-state index contributed by atoms with van der Waals surface area (Å²) in [6, 6.07) is 22.5. The molecular weight excluding hydrogens is 288 g/mol. The lowest BCUT2D eigenvalue weighted by Gasteiger charge is -2.18. The van der Waals surface area contributed by atoms with Crippen LogP contribution in [0.2, 0.25) is 0 Å². The van der Waals surface area contributed by atoms with E-state index < -0.39 is 0 Å². The summed E-state index contributed by atoms with van der Waals surface area (Å²) < 4.78 is 0. The van der Waals surface area contributed by atoms with Crippen molar-refractivity contribution < 1.29 is 0 Å². The Kier molecular flexibility index (Phi) is 3.57. The largest absolute Gasteiger partial charge is 0.0616 e. The highest BCUT2D eigenvalue weighted by molar-refractivity contribution is 5.70. The number of hydrogen-bond acceptors (Lipinski definition) is 0. The minimum absolute atomic E-state index is 0.518. The molecule has 0 aromatic heterocycles. The predicted octanol–water partition coefficient (Wildman–Crippen LogP) is 6.49. The summed E-state index contributed by atoms with van der Waals surface area (Å²) in [5.74, 6) is 1.08. The fraction of sp³-hybridized carbons (Fsp3) is 0.250. The van der Waals surface area contributed by atoms with E-state index in [1.165, 1.54) is 43.1 Å². The summed E-state index contributed by atoms with van der Waals surface area (Å²) in [5, 5.41) is 5.60. The fourth-order valence-electron chi connectivity index (χ4n) is 3.83. The van der Waals surface area contributed by atoms with Gasteiger partial charge in [-0.25, -0.2) is 0 Å². The van der Waals surface area contributed by atoms with Crippen LogP contribution >= 0.6 is 0 Å². The summed E-state index contributed by atoms with van der Waals surface area (Å²) in [6.07, 6.45) is 0. The molecule has 0 aliphatic heterocycles. The van der Waals surface area contributed by atoms with Gasteiger partial charge in [-0.1, -0.05) is 88.4 Å². The van der Waals surface area contributed by atoms with Crippen LogP contribution in [-0.2, 0) is 0 Å². The summed E-state index contributed by atoms with van der Waals surface area (Å²) in [5.41, 5.74) is 5.66. The third-order valence-corrected chi connectivity index (χ3v) is 5.21. The average molecular weight is 312 g/mol. The monoisotopic (exact) mass is 312 g/mol. The lowest BCUT2D eigenvalue weighted by molar-refractivity contribution is 0.835. The molecule has 0 saturated carbocycles. The van der Waals surface area contributed by atoms with Crippen molar-refractivity contribution in [2.45, 2.75) is 39.5 Å². The molecule has 4 rings (SSSR count). The quantitative estimate of drug-likeness (QED) is 0.405. The highest BCUT2D eigenvalue weighted by Gasteiger charge is 2.14. The predicted molar refractivity (Wildman–Crippen MR) is 102 cm³/mol. The molecule has 0 saturated heterocycles. The van der Waals surface area contributed by atoms with E-state index in [-0.39, 0.29) is 0 Å². The van der Waals surface area contributed by atoms with Gasteiger partial charge in [0, 0.05) is 0 Å². The lowest BCUT2D eigenvalue weighted by atomic mass is 9.86. The molecule has 24 heavy (non-hydrogen) atoms. The zero-order chi connectivity index (χ0) is 16.8. The summed E-state index contributed by atoms with van der Waals surface area (Å²) >= 11 is 0. The van der Waals surface area contributed by atoms with Crippen LogP contribution < -0.4 is 0 Å². The second-order valence-electron chi connectivity index (χ2n) is 7.43. The minimum atomic E-state index is 0.518. The molecule has 3 aromatic carbocycles. The Balaban J connectivity index is 2.04. The van der Waals surface area contributed by atoms with Crippen molar-refractivity contribution >= 4 is 0 Å². The summed E-state index contributed by atoms with van der Waals surface area (Å²) in [4.78, 5) is 0. The first-order valence-electron chi connectivity index (χ1n) is 8.95. The van der Waals surface area contributed by atoms with Gasteiger partial charge in [-0.2, -0.15) is 0 Å². The molecule has 0 heterocycles. The highest BCUT2D eigenvalue weighted by Crippen LogP contribution is 2.34. The van der Waals surface area contributed by atoms with Crippen LogP contribution in [0, 0.1) is 20.9 Å². The minimum Gasteiger partial charge on any atom is -0.0616 e. The molecule has 1 aliphatic carbocycles. The normalized spacial score (nSPS) is 12.1. The van der Waals surface area contributed by atoms with Crippen molar-refractivity contribution in [3.63, 3.8) is 0 Å². The topological polar surface area (TPSA) is 0 Å². The second kappa shape index (κ2) is 5.63. The van der Waals surface area contributed by atoms with Gasteiger partial charge in [0.2, 0.25) is 0 Å². The molecule has 0 N–H and O–H groups in total. The smallest absolute Gasteiger partial charge is 0.00203 e.